The van der Waals surface area contributed by atoms with Gasteiger partial charge in [-0.2, -0.15) is 0 Å². The van der Waals surface area contributed by atoms with E-state index in [9.17, 15) is 4.79 Å². The lowest BCUT2D eigenvalue weighted by atomic mass is 9.79. The van der Waals surface area contributed by atoms with Crippen LogP contribution in [0.5, 0.6) is 5.75 Å². The van der Waals surface area contributed by atoms with Gasteiger partial charge < -0.3 is 15.4 Å². The molecule has 0 aromatic heterocycles. The van der Waals surface area contributed by atoms with Gasteiger partial charge in [-0.25, -0.2) is 0 Å². The Bertz CT molecular complexity index is 536. The fourth-order valence-electron chi connectivity index (χ4n) is 3.69. The summed E-state index contributed by atoms with van der Waals surface area (Å²) >= 11 is 0. The number of carbonyl (C=O) groups excluding carboxylic acids is 1. The molecule has 0 radical (unpaired) electrons. The van der Waals surface area contributed by atoms with E-state index in [1.165, 1.54) is 0 Å². The van der Waals surface area contributed by atoms with E-state index in [1.807, 2.05) is 31.2 Å². The molecule has 1 amide bonds. The maximum Gasteiger partial charge on any atom is 0.223 e. The van der Waals surface area contributed by atoms with Crippen molar-refractivity contribution in [3.05, 3.63) is 29.8 Å². The van der Waals surface area contributed by atoms with Crippen molar-refractivity contribution < 1.29 is 9.53 Å². The summed E-state index contributed by atoms with van der Waals surface area (Å²) in [7, 11) is 0. The fourth-order valence-corrected chi connectivity index (χ4v) is 3.69. The Kier molecular flexibility index (Phi) is 5.35. The summed E-state index contributed by atoms with van der Waals surface area (Å²) < 4.78 is 5.66. The molecule has 0 bridgehead atoms. The summed E-state index contributed by atoms with van der Waals surface area (Å²) in [5.41, 5.74) is 1.24. The molecule has 0 atom stereocenters. The highest BCUT2D eigenvalue weighted by molar-refractivity contribution is 5.76. The fraction of sp³-hybridized carbons (Fsp3) is 0.632. The Morgan fingerprint density at radius 3 is 2.52 bits per heavy atom. The van der Waals surface area contributed by atoms with Gasteiger partial charge in [0, 0.05) is 17.1 Å². The van der Waals surface area contributed by atoms with Gasteiger partial charge in [-0.1, -0.05) is 12.1 Å². The van der Waals surface area contributed by atoms with Crippen molar-refractivity contribution in [2.45, 2.75) is 71.0 Å². The van der Waals surface area contributed by atoms with E-state index in [0.29, 0.717) is 13.0 Å². The highest BCUT2D eigenvalue weighted by Gasteiger charge is 2.38. The van der Waals surface area contributed by atoms with Crippen LogP contribution in [0.25, 0.3) is 0 Å². The van der Waals surface area contributed by atoms with Crippen molar-refractivity contribution in [3.8, 4) is 5.75 Å². The van der Waals surface area contributed by atoms with Gasteiger partial charge in [0.05, 0.1) is 13.0 Å². The minimum atomic E-state index is 0.0394. The molecule has 1 aliphatic heterocycles. The molecule has 1 aromatic rings. The lowest BCUT2D eigenvalue weighted by Crippen LogP contribution is -2.62. The molecule has 1 aromatic carbocycles. The summed E-state index contributed by atoms with van der Waals surface area (Å²) in [4.78, 5) is 12.2. The van der Waals surface area contributed by atoms with Gasteiger partial charge in [0.15, 0.2) is 0 Å². The van der Waals surface area contributed by atoms with Crippen LogP contribution >= 0.6 is 0 Å². The van der Waals surface area contributed by atoms with Crippen LogP contribution < -0.4 is 15.4 Å². The number of hydrogen-bond donors (Lipinski definition) is 2. The molecule has 1 saturated heterocycles. The smallest absolute Gasteiger partial charge is 0.223 e. The quantitative estimate of drug-likeness (QED) is 0.876. The monoisotopic (exact) mass is 318 g/mol. The molecule has 0 saturated carbocycles. The molecule has 4 nitrogen and oxygen atoms in total. The van der Waals surface area contributed by atoms with Crippen molar-refractivity contribution in [1.82, 2.24) is 10.6 Å². The summed E-state index contributed by atoms with van der Waals surface area (Å²) in [6.07, 6.45) is 2.28. The van der Waals surface area contributed by atoms with E-state index in [4.69, 9.17) is 4.74 Å². The SMILES string of the molecule is Cc1cccc(OCCC(=O)NC2CC(C)(C)NC(C)(C)C2)c1. The zero-order valence-corrected chi connectivity index (χ0v) is 15.0. The predicted octanol–water partition coefficient (Wildman–Crippen LogP) is 3.19. The number of nitrogens with one attached hydrogen (secondary N) is 2. The second-order valence-corrected chi connectivity index (χ2v) is 7.98. The van der Waals surface area contributed by atoms with E-state index in [1.54, 1.807) is 0 Å². The summed E-state index contributed by atoms with van der Waals surface area (Å²) in [5.74, 6) is 0.887. The third-order valence-electron chi connectivity index (χ3n) is 4.14. The zero-order valence-electron chi connectivity index (χ0n) is 15.0. The molecule has 2 rings (SSSR count). The van der Waals surface area contributed by atoms with Crippen LogP contribution in [-0.4, -0.2) is 29.6 Å². The Balaban J connectivity index is 1.78. The molecule has 4 heteroatoms. The molecule has 1 fully saturated rings. The van der Waals surface area contributed by atoms with E-state index in [2.05, 4.69) is 38.3 Å². The van der Waals surface area contributed by atoms with Crippen molar-refractivity contribution in [2.24, 2.45) is 0 Å². The maximum atomic E-state index is 12.2. The van der Waals surface area contributed by atoms with Crippen LogP contribution in [0.2, 0.25) is 0 Å². The molecule has 0 spiro atoms. The van der Waals surface area contributed by atoms with E-state index >= 15 is 0 Å². The van der Waals surface area contributed by atoms with Crippen LogP contribution in [0.1, 0.15) is 52.5 Å². The standard InChI is InChI=1S/C19H30N2O2/c1-14-7-6-8-16(11-14)23-10-9-17(22)20-15-12-18(2,3)21-19(4,5)13-15/h6-8,11,15,21H,9-10,12-13H2,1-5H3,(H,20,22). The molecule has 128 valence electrons. The number of aryl methyl sites for hydroxylation is 1. The molecule has 2 N–H and O–H groups in total. The normalized spacial score (nSPS) is 20.0. The van der Waals surface area contributed by atoms with Gasteiger partial charge in [-0.15, -0.1) is 0 Å². The number of piperidine rings is 1. The molecule has 0 aliphatic carbocycles. The van der Waals surface area contributed by atoms with Crippen LogP contribution in [0.3, 0.4) is 0 Å². The summed E-state index contributed by atoms with van der Waals surface area (Å²) in [6.45, 7) is 11.2. The number of ether oxygens (including phenoxy) is 1. The first-order valence-corrected chi connectivity index (χ1v) is 8.43. The lowest BCUT2D eigenvalue weighted by Gasteiger charge is -2.46. The van der Waals surface area contributed by atoms with Crippen molar-refractivity contribution in [1.29, 1.82) is 0 Å². The van der Waals surface area contributed by atoms with Gasteiger partial charge in [0.2, 0.25) is 5.91 Å². The second-order valence-electron chi connectivity index (χ2n) is 7.98. The largest absolute Gasteiger partial charge is 0.493 e. The zero-order chi connectivity index (χ0) is 17.1. The van der Waals surface area contributed by atoms with Gasteiger partial charge in [0.1, 0.15) is 5.75 Å². The van der Waals surface area contributed by atoms with Crippen LogP contribution in [0.4, 0.5) is 0 Å². The minimum absolute atomic E-state index is 0.0394. The van der Waals surface area contributed by atoms with Crippen molar-refractivity contribution >= 4 is 5.91 Å². The van der Waals surface area contributed by atoms with E-state index < -0.39 is 0 Å². The Hall–Kier alpha value is -1.55. The van der Waals surface area contributed by atoms with Crippen molar-refractivity contribution in [3.63, 3.8) is 0 Å². The maximum absolute atomic E-state index is 12.2. The number of carbonyl (C=O) groups is 1. The second kappa shape index (κ2) is 6.91. The highest BCUT2D eigenvalue weighted by atomic mass is 16.5. The average molecular weight is 318 g/mol. The predicted molar refractivity (Wildman–Crippen MR) is 93.7 cm³/mol. The first kappa shape index (κ1) is 17.8. The average Bonchev–Trinajstić information content (AvgIpc) is 2.34. The Labute approximate surface area is 140 Å². The van der Waals surface area contributed by atoms with Crippen molar-refractivity contribution in [2.75, 3.05) is 6.61 Å². The Morgan fingerprint density at radius 1 is 1.26 bits per heavy atom. The number of hydrogen-bond acceptors (Lipinski definition) is 3. The van der Waals surface area contributed by atoms with E-state index in [0.717, 1.165) is 24.2 Å². The number of benzene rings is 1. The molecule has 1 aliphatic rings. The van der Waals surface area contributed by atoms with Gasteiger partial charge in [-0.05, 0) is 65.2 Å². The molecular weight excluding hydrogens is 288 g/mol. The number of amides is 1. The molecular formula is C19H30N2O2. The topological polar surface area (TPSA) is 50.4 Å². The summed E-state index contributed by atoms with van der Waals surface area (Å²) in [6, 6.07) is 8.11. The first-order valence-electron chi connectivity index (χ1n) is 8.43. The minimum Gasteiger partial charge on any atom is -0.493 e. The molecule has 23 heavy (non-hydrogen) atoms. The van der Waals surface area contributed by atoms with Gasteiger partial charge in [-0.3, -0.25) is 4.79 Å². The molecule has 0 unspecified atom stereocenters. The Morgan fingerprint density at radius 2 is 1.91 bits per heavy atom. The third-order valence-corrected chi connectivity index (χ3v) is 4.14. The highest BCUT2D eigenvalue weighted by Crippen LogP contribution is 2.28. The lowest BCUT2D eigenvalue weighted by molar-refractivity contribution is -0.122. The van der Waals surface area contributed by atoms with E-state index in [-0.39, 0.29) is 23.0 Å². The first-order chi connectivity index (χ1) is 10.7. The van der Waals surface area contributed by atoms with Crippen LogP contribution in [0.15, 0.2) is 24.3 Å². The summed E-state index contributed by atoms with van der Waals surface area (Å²) in [5, 5.41) is 6.80. The van der Waals surface area contributed by atoms with Gasteiger partial charge >= 0.3 is 0 Å². The number of rotatable bonds is 5. The van der Waals surface area contributed by atoms with Gasteiger partial charge in [0.25, 0.3) is 0 Å². The van der Waals surface area contributed by atoms with Crippen LogP contribution in [-0.2, 0) is 4.79 Å². The third kappa shape index (κ3) is 5.87. The van der Waals surface area contributed by atoms with Crippen LogP contribution in [0, 0.1) is 6.92 Å². The molecule has 1 heterocycles.